The van der Waals surface area contributed by atoms with E-state index in [1.54, 1.807) is 19.2 Å². The van der Waals surface area contributed by atoms with Crippen molar-refractivity contribution in [3.8, 4) is 5.75 Å². The van der Waals surface area contributed by atoms with Gasteiger partial charge in [0.15, 0.2) is 21.4 Å². The van der Waals surface area contributed by atoms with E-state index in [1.165, 1.54) is 17.0 Å². The molecule has 6 nitrogen and oxygen atoms in total. The second kappa shape index (κ2) is 7.63. The number of sulfone groups is 1. The average Bonchev–Trinajstić information content (AvgIpc) is 2.86. The SMILES string of the molecule is CN(CCOc1ccccc1F)C(=O)NC[C@@H]1CCS(=O)(=O)C1. The van der Waals surface area contributed by atoms with Gasteiger partial charge in [0.25, 0.3) is 0 Å². The van der Waals surface area contributed by atoms with Gasteiger partial charge in [0, 0.05) is 13.6 Å². The van der Waals surface area contributed by atoms with Crippen LogP contribution in [0.4, 0.5) is 9.18 Å². The molecule has 1 fully saturated rings. The normalized spacial score (nSPS) is 19.3. The lowest BCUT2D eigenvalue weighted by Gasteiger charge is -2.19. The van der Waals surface area contributed by atoms with Crippen LogP contribution < -0.4 is 10.1 Å². The number of para-hydroxylation sites is 1. The Kier molecular flexibility index (Phi) is 5.81. The van der Waals surface area contributed by atoms with E-state index in [0.29, 0.717) is 19.5 Å². The van der Waals surface area contributed by atoms with Gasteiger partial charge in [-0.25, -0.2) is 17.6 Å². The first kappa shape index (κ1) is 17.5. The number of urea groups is 1. The molecule has 2 rings (SSSR count). The third-order valence-electron chi connectivity index (χ3n) is 3.74. The maximum atomic E-state index is 13.4. The Morgan fingerprint density at radius 1 is 1.43 bits per heavy atom. The average molecular weight is 344 g/mol. The monoisotopic (exact) mass is 344 g/mol. The molecule has 0 aliphatic carbocycles. The molecule has 1 saturated heterocycles. The van der Waals surface area contributed by atoms with Gasteiger partial charge in [-0.2, -0.15) is 0 Å². The van der Waals surface area contributed by atoms with Crippen molar-refractivity contribution in [1.29, 1.82) is 0 Å². The van der Waals surface area contributed by atoms with Crippen LogP contribution in [0.3, 0.4) is 0 Å². The van der Waals surface area contributed by atoms with E-state index in [9.17, 15) is 17.6 Å². The molecule has 2 amide bonds. The number of benzene rings is 1. The van der Waals surface area contributed by atoms with Crippen molar-refractivity contribution >= 4 is 15.9 Å². The zero-order valence-electron chi connectivity index (χ0n) is 13.0. The van der Waals surface area contributed by atoms with Gasteiger partial charge in [-0.1, -0.05) is 12.1 Å². The first-order valence-electron chi connectivity index (χ1n) is 7.44. The molecule has 0 radical (unpaired) electrons. The Labute approximate surface area is 135 Å². The van der Waals surface area contributed by atoms with Gasteiger partial charge in [-0.15, -0.1) is 0 Å². The van der Waals surface area contributed by atoms with E-state index < -0.39 is 15.7 Å². The molecule has 1 atom stereocenters. The van der Waals surface area contributed by atoms with Crippen molar-refractivity contribution in [1.82, 2.24) is 10.2 Å². The number of ether oxygens (including phenoxy) is 1. The fraction of sp³-hybridized carbons (Fsp3) is 0.533. The molecule has 0 bridgehead atoms. The molecular weight excluding hydrogens is 323 g/mol. The van der Waals surface area contributed by atoms with Crippen LogP contribution in [0.15, 0.2) is 24.3 Å². The summed E-state index contributed by atoms with van der Waals surface area (Å²) in [5.41, 5.74) is 0. The molecule has 1 aromatic carbocycles. The number of rotatable bonds is 6. The number of likely N-dealkylation sites (N-methyl/N-ethyl adjacent to an activating group) is 1. The molecule has 0 saturated carbocycles. The highest BCUT2D eigenvalue weighted by Crippen LogP contribution is 2.17. The first-order valence-corrected chi connectivity index (χ1v) is 9.26. The van der Waals surface area contributed by atoms with Gasteiger partial charge in [0.2, 0.25) is 0 Å². The number of carbonyl (C=O) groups is 1. The van der Waals surface area contributed by atoms with Crippen LogP contribution >= 0.6 is 0 Å². The molecule has 1 aliphatic heterocycles. The minimum absolute atomic E-state index is 0.0213. The van der Waals surface area contributed by atoms with E-state index in [2.05, 4.69) is 5.32 Å². The van der Waals surface area contributed by atoms with Gasteiger partial charge >= 0.3 is 6.03 Å². The standard InChI is InChI=1S/C15H21FN2O4S/c1-18(7-8-22-14-5-3-2-4-13(14)16)15(19)17-10-12-6-9-23(20,21)11-12/h2-5,12H,6-11H2,1H3,(H,17,19)/t12-/m0/s1. The summed E-state index contributed by atoms with van der Waals surface area (Å²) in [4.78, 5) is 13.3. The highest BCUT2D eigenvalue weighted by atomic mass is 32.2. The molecule has 1 heterocycles. The summed E-state index contributed by atoms with van der Waals surface area (Å²) in [5, 5.41) is 2.72. The van der Waals surface area contributed by atoms with Gasteiger partial charge < -0.3 is 15.0 Å². The lowest BCUT2D eigenvalue weighted by molar-refractivity contribution is 0.193. The van der Waals surface area contributed by atoms with E-state index in [1.807, 2.05) is 0 Å². The largest absolute Gasteiger partial charge is 0.489 e. The van der Waals surface area contributed by atoms with Crippen LogP contribution in [0.25, 0.3) is 0 Å². The summed E-state index contributed by atoms with van der Waals surface area (Å²) in [6.45, 7) is 0.808. The molecule has 0 spiro atoms. The molecule has 0 aromatic heterocycles. The summed E-state index contributed by atoms with van der Waals surface area (Å²) < 4.78 is 41.4. The van der Waals surface area contributed by atoms with Gasteiger partial charge in [0.05, 0.1) is 18.1 Å². The van der Waals surface area contributed by atoms with Crippen LogP contribution in [0.2, 0.25) is 0 Å². The Morgan fingerprint density at radius 3 is 2.83 bits per heavy atom. The Bertz CT molecular complexity index is 651. The maximum Gasteiger partial charge on any atom is 0.317 e. The second-order valence-electron chi connectivity index (χ2n) is 5.66. The first-order chi connectivity index (χ1) is 10.9. The van der Waals surface area contributed by atoms with Gasteiger partial charge in [-0.05, 0) is 24.5 Å². The highest BCUT2D eigenvalue weighted by Gasteiger charge is 2.28. The van der Waals surface area contributed by atoms with E-state index in [-0.39, 0.29) is 35.8 Å². The smallest absolute Gasteiger partial charge is 0.317 e. The minimum Gasteiger partial charge on any atom is -0.489 e. The van der Waals surface area contributed by atoms with E-state index in [0.717, 1.165) is 0 Å². The Morgan fingerprint density at radius 2 is 2.17 bits per heavy atom. The summed E-state index contributed by atoms with van der Waals surface area (Å²) >= 11 is 0. The lowest BCUT2D eigenvalue weighted by atomic mass is 10.1. The van der Waals surface area contributed by atoms with Crippen molar-refractivity contribution in [3.05, 3.63) is 30.1 Å². The summed E-state index contributed by atoms with van der Waals surface area (Å²) in [5.74, 6) is 0.0132. The topological polar surface area (TPSA) is 75.7 Å². The number of hydrogen-bond donors (Lipinski definition) is 1. The zero-order valence-corrected chi connectivity index (χ0v) is 13.8. The van der Waals surface area contributed by atoms with E-state index in [4.69, 9.17) is 4.74 Å². The van der Waals surface area contributed by atoms with Crippen LogP contribution in [0.5, 0.6) is 5.75 Å². The molecule has 8 heteroatoms. The van der Waals surface area contributed by atoms with Gasteiger partial charge in [-0.3, -0.25) is 0 Å². The molecular formula is C15H21FN2O4S. The minimum atomic E-state index is -2.93. The number of nitrogens with one attached hydrogen (secondary N) is 1. The van der Waals surface area contributed by atoms with Crippen molar-refractivity contribution in [3.63, 3.8) is 0 Å². The number of halogens is 1. The summed E-state index contributed by atoms with van der Waals surface area (Å²) in [6, 6.07) is 5.78. The fourth-order valence-electron chi connectivity index (χ4n) is 2.36. The number of hydrogen-bond acceptors (Lipinski definition) is 4. The van der Waals surface area contributed by atoms with Crippen molar-refractivity contribution in [2.24, 2.45) is 5.92 Å². The van der Waals surface area contributed by atoms with Crippen molar-refractivity contribution < 1.29 is 22.3 Å². The molecule has 1 N–H and O–H groups in total. The maximum absolute atomic E-state index is 13.4. The summed E-state index contributed by atoms with van der Waals surface area (Å²) in [7, 11) is -1.33. The van der Waals surface area contributed by atoms with Crippen LogP contribution in [-0.4, -0.2) is 57.6 Å². The van der Waals surface area contributed by atoms with Crippen LogP contribution in [0.1, 0.15) is 6.42 Å². The fourth-order valence-corrected chi connectivity index (χ4v) is 4.22. The lowest BCUT2D eigenvalue weighted by Crippen LogP contribution is -2.41. The van der Waals surface area contributed by atoms with Crippen LogP contribution in [0, 0.1) is 11.7 Å². The molecule has 0 unspecified atom stereocenters. The number of nitrogens with zero attached hydrogens (tertiary/aromatic N) is 1. The predicted octanol–water partition coefficient (Wildman–Crippen LogP) is 1.28. The quantitative estimate of drug-likeness (QED) is 0.843. The second-order valence-corrected chi connectivity index (χ2v) is 7.88. The Balaban J connectivity index is 1.68. The van der Waals surface area contributed by atoms with Crippen LogP contribution in [-0.2, 0) is 9.84 Å². The summed E-state index contributed by atoms with van der Waals surface area (Å²) in [6.07, 6.45) is 0.586. The molecule has 23 heavy (non-hydrogen) atoms. The van der Waals surface area contributed by atoms with E-state index >= 15 is 0 Å². The van der Waals surface area contributed by atoms with Gasteiger partial charge in [0.1, 0.15) is 6.61 Å². The predicted molar refractivity (Wildman–Crippen MR) is 84.7 cm³/mol. The highest BCUT2D eigenvalue weighted by molar-refractivity contribution is 7.91. The number of carbonyl (C=O) groups excluding carboxylic acids is 1. The Hall–Kier alpha value is -1.83. The third-order valence-corrected chi connectivity index (χ3v) is 5.57. The third kappa shape index (κ3) is 5.38. The molecule has 1 aromatic rings. The molecule has 1 aliphatic rings. The molecule has 128 valence electrons. The number of amides is 2. The zero-order chi connectivity index (χ0) is 16.9. The van der Waals surface area contributed by atoms with Crippen molar-refractivity contribution in [2.75, 3.05) is 38.2 Å². The van der Waals surface area contributed by atoms with Crippen molar-refractivity contribution in [2.45, 2.75) is 6.42 Å².